The Labute approximate surface area is 163 Å². The lowest BCUT2D eigenvalue weighted by Crippen LogP contribution is -2.49. The number of aromatic nitrogens is 1. The van der Waals surface area contributed by atoms with Gasteiger partial charge in [-0.2, -0.15) is 0 Å². The van der Waals surface area contributed by atoms with Gasteiger partial charge < -0.3 is 19.7 Å². The van der Waals surface area contributed by atoms with Gasteiger partial charge in [0.15, 0.2) is 5.60 Å². The molecule has 28 heavy (non-hydrogen) atoms. The van der Waals surface area contributed by atoms with E-state index in [1.165, 1.54) is 5.56 Å². The molecule has 1 aromatic heterocycles. The molecule has 2 amide bonds. The van der Waals surface area contributed by atoms with Crippen LogP contribution in [0.2, 0.25) is 0 Å². The number of amides is 2. The maximum absolute atomic E-state index is 12.5. The summed E-state index contributed by atoms with van der Waals surface area (Å²) in [5.74, 6) is 0. The average molecular weight is 381 g/mol. The van der Waals surface area contributed by atoms with Crippen LogP contribution in [0.1, 0.15) is 24.1 Å². The van der Waals surface area contributed by atoms with Gasteiger partial charge in [-0.3, -0.25) is 4.98 Å². The Kier molecular flexibility index (Phi) is 5.14. The van der Waals surface area contributed by atoms with Gasteiger partial charge in [0.25, 0.3) is 0 Å². The molecule has 1 aromatic carbocycles. The van der Waals surface area contributed by atoms with Gasteiger partial charge >= 0.3 is 12.2 Å². The van der Waals surface area contributed by atoms with Gasteiger partial charge in [-0.15, -0.1) is 0 Å². The highest BCUT2D eigenvalue weighted by Crippen LogP contribution is 2.31. The standard InChI is InChI=1S/C21H23N3O4/c25-19(24-13-10-21(11-14-24)15-27-20(26)28-21)23-18-8-5-16(6-9-18)4-7-17-3-1-2-12-22-17/h1-3,5-6,8-9,12H,4,7,10-11,13-15H2,(H,23,25). The number of carbonyl (C=O) groups is 2. The first-order valence-electron chi connectivity index (χ1n) is 9.52. The molecule has 0 atom stereocenters. The lowest BCUT2D eigenvalue weighted by atomic mass is 9.92. The first-order valence-corrected chi connectivity index (χ1v) is 9.52. The first-order chi connectivity index (χ1) is 13.6. The maximum Gasteiger partial charge on any atom is 0.509 e. The molecule has 0 radical (unpaired) electrons. The number of piperidine rings is 1. The van der Waals surface area contributed by atoms with Gasteiger partial charge in [-0.1, -0.05) is 18.2 Å². The van der Waals surface area contributed by atoms with Crippen LogP contribution in [0.4, 0.5) is 15.3 Å². The molecule has 0 saturated carbocycles. The van der Waals surface area contributed by atoms with Crippen LogP contribution in [0.15, 0.2) is 48.7 Å². The number of urea groups is 1. The lowest BCUT2D eigenvalue weighted by Gasteiger charge is -2.36. The molecule has 146 valence electrons. The topological polar surface area (TPSA) is 80.8 Å². The maximum atomic E-state index is 12.5. The van der Waals surface area contributed by atoms with Crippen molar-refractivity contribution >= 4 is 17.9 Å². The molecular weight excluding hydrogens is 358 g/mol. The molecule has 2 saturated heterocycles. The second-order valence-corrected chi connectivity index (χ2v) is 7.26. The SMILES string of the molecule is O=C1OCC2(CCN(C(=O)Nc3ccc(CCc4ccccn4)cc3)CC2)O1. The summed E-state index contributed by atoms with van der Waals surface area (Å²) < 4.78 is 10.2. The Balaban J connectivity index is 1.26. The molecule has 2 fully saturated rings. The van der Waals surface area contributed by atoms with Crippen molar-refractivity contribution < 1.29 is 19.1 Å². The molecule has 4 rings (SSSR count). The van der Waals surface area contributed by atoms with E-state index in [9.17, 15) is 9.59 Å². The zero-order chi connectivity index (χ0) is 19.4. The largest absolute Gasteiger partial charge is 0.509 e. The van der Waals surface area contributed by atoms with Gasteiger partial charge in [0, 0.05) is 43.5 Å². The number of anilines is 1. The summed E-state index contributed by atoms with van der Waals surface area (Å²) in [6.07, 6.45) is 4.18. The number of cyclic esters (lactones) is 1. The number of benzene rings is 1. The van der Waals surface area contributed by atoms with Crippen molar-refractivity contribution in [3.8, 4) is 0 Å². The number of rotatable bonds is 4. The molecule has 2 aliphatic heterocycles. The molecular formula is C21H23N3O4. The summed E-state index contributed by atoms with van der Waals surface area (Å²) in [6.45, 7) is 1.34. The lowest BCUT2D eigenvalue weighted by molar-refractivity contribution is 0.0106. The molecule has 7 nitrogen and oxygen atoms in total. The van der Waals surface area contributed by atoms with Gasteiger partial charge in [0.1, 0.15) is 6.61 Å². The summed E-state index contributed by atoms with van der Waals surface area (Å²) >= 11 is 0. The van der Waals surface area contributed by atoms with Crippen LogP contribution in [0.25, 0.3) is 0 Å². The van der Waals surface area contributed by atoms with Crippen molar-refractivity contribution in [3.63, 3.8) is 0 Å². The zero-order valence-corrected chi connectivity index (χ0v) is 15.6. The van der Waals surface area contributed by atoms with E-state index in [0.717, 1.165) is 24.2 Å². The number of aryl methyl sites for hydroxylation is 2. The van der Waals surface area contributed by atoms with Crippen LogP contribution in [0, 0.1) is 0 Å². The predicted octanol–water partition coefficient (Wildman–Crippen LogP) is 3.40. The highest BCUT2D eigenvalue weighted by Gasteiger charge is 2.45. The zero-order valence-electron chi connectivity index (χ0n) is 15.6. The highest BCUT2D eigenvalue weighted by molar-refractivity contribution is 5.89. The van der Waals surface area contributed by atoms with Crippen LogP contribution in [0.3, 0.4) is 0 Å². The number of ether oxygens (including phenoxy) is 2. The van der Waals surface area contributed by atoms with E-state index in [2.05, 4.69) is 10.3 Å². The number of carbonyl (C=O) groups excluding carboxylic acids is 2. The molecule has 0 aliphatic carbocycles. The third-order valence-electron chi connectivity index (χ3n) is 5.32. The Morgan fingerprint density at radius 3 is 2.54 bits per heavy atom. The summed E-state index contributed by atoms with van der Waals surface area (Å²) in [4.78, 5) is 29.8. The third-order valence-corrected chi connectivity index (χ3v) is 5.32. The van der Waals surface area contributed by atoms with E-state index in [0.29, 0.717) is 25.9 Å². The molecule has 0 bridgehead atoms. The van der Waals surface area contributed by atoms with E-state index in [1.807, 2.05) is 42.5 Å². The minimum atomic E-state index is -0.610. The fourth-order valence-electron chi connectivity index (χ4n) is 3.57. The van der Waals surface area contributed by atoms with Crippen molar-refractivity contribution in [2.75, 3.05) is 25.0 Å². The fourth-order valence-corrected chi connectivity index (χ4v) is 3.57. The van der Waals surface area contributed by atoms with Crippen LogP contribution in [0.5, 0.6) is 0 Å². The highest BCUT2D eigenvalue weighted by atomic mass is 16.8. The molecule has 3 heterocycles. The predicted molar refractivity (Wildman–Crippen MR) is 103 cm³/mol. The normalized spacial score (nSPS) is 17.9. The van der Waals surface area contributed by atoms with Crippen molar-refractivity contribution in [1.82, 2.24) is 9.88 Å². The minimum absolute atomic E-state index is 0.138. The molecule has 2 aliphatic rings. The van der Waals surface area contributed by atoms with Crippen molar-refractivity contribution in [2.24, 2.45) is 0 Å². The Bertz CT molecular complexity index is 830. The van der Waals surface area contributed by atoms with Gasteiger partial charge in [0.2, 0.25) is 0 Å². The van der Waals surface area contributed by atoms with Gasteiger partial charge in [-0.25, -0.2) is 9.59 Å². The Morgan fingerprint density at radius 1 is 1.11 bits per heavy atom. The van der Waals surface area contributed by atoms with E-state index in [1.54, 1.807) is 11.1 Å². The van der Waals surface area contributed by atoms with Crippen molar-refractivity contribution in [3.05, 3.63) is 59.9 Å². The summed E-state index contributed by atoms with van der Waals surface area (Å²) in [6, 6.07) is 13.7. The third kappa shape index (κ3) is 4.24. The second kappa shape index (κ2) is 7.88. The smallest absolute Gasteiger partial charge is 0.430 e. The molecule has 1 N–H and O–H groups in total. The number of nitrogens with zero attached hydrogens (tertiary/aromatic N) is 2. The molecule has 2 aromatic rings. The molecule has 0 unspecified atom stereocenters. The van der Waals surface area contributed by atoms with E-state index in [-0.39, 0.29) is 12.6 Å². The van der Waals surface area contributed by atoms with Crippen molar-refractivity contribution in [1.29, 1.82) is 0 Å². The van der Waals surface area contributed by atoms with Crippen molar-refractivity contribution in [2.45, 2.75) is 31.3 Å². The van der Waals surface area contributed by atoms with Gasteiger partial charge in [-0.05, 0) is 42.7 Å². The number of likely N-dealkylation sites (tertiary alicyclic amines) is 1. The first kappa shape index (κ1) is 18.3. The Morgan fingerprint density at radius 2 is 1.89 bits per heavy atom. The van der Waals surface area contributed by atoms with Crippen LogP contribution in [-0.2, 0) is 22.3 Å². The number of pyridine rings is 1. The van der Waals surface area contributed by atoms with E-state index < -0.39 is 11.8 Å². The van der Waals surface area contributed by atoms with Gasteiger partial charge in [0.05, 0.1) is 0 Å². The summed E-state index contributed by atoms with van der Waals surface area (Å²) in [5.41, 5.74) is 2.48. The van der Waals surface area contributed by atoms with Crippen LogP contribution < -0.4 is 5.32 Å². The summed E-state index contributed by atoms with van der Waals surface area (Å²) in [7, 11) is 0. The number of hydrogen-bond acceptors (Lipinski definition) is 5. The minimum Gasteiger partial charge on any atom is -0.430 e. The Hall–Kier alpha value is -3.09. The molecule has 7 heteroatoms. The van der Waals surface area contributed by atoms with E-state index in [4.69, 9.17) is 9.47 Å². The molecule has 1 spiro atoms. The quantitative estimate of drug-likeness (QED) is 0.821. The monoisotopic (exact) mass is 381 g/mol. The van der Waals surface area contributed by atoms with E-state index >= 15 is 0 Å². The summed E-state index contributed by atoms with van der Waals surface area (Å²) in [5, 5.41) is 2.94. The number of hydrogen-bond donors (Lipinski definition) is 1. The number of nitrogens with one attached hydrogen (secondary N) is 1. The fraction of sp³-hybridized carbons (Fsp3) is 0.381. The average Bonchev–Trinajstić information content (AvgIpc) is 3.08. The van der Waals surface area contributed by atoms with Crippen LogP contribution >= 0.6 is 0 Å². The second-order valence-electron chi connectivity index (χ2n) is 7.26. The van der Waals surface area contributed by atoms with Crippen LogP contribution in [-0.4, -0.2) is 47.4 Å².